The number of allylic oxidation sites excluding steroid dienone is 1. The van der Waals surface area contributed by atoms with Gasteiger partial charge in [0.15, 0.2) is 0 Å². The molecule has 1 atom stereocenters. The van der Waals surface area contributed by atoms with E-state index in [1.807, 2.05) is 6.92 Å². The summed E-state index contributed by atoms with van der Waals surface area (Å²) in [6.45, 7) is 6.30. The number of hydrogen-bond acceptors (Lipinski definition) is 1. The van der Waals surface area contributed by atoms with Crippen LogP contribution in [0.4, 0.5) is 5.69 Å². The molecule has 0 saturated carbocycles. The molecule has 0 bridgehead atoms. The second kappa shape index (κ2) is 4.70. The summed E-state index contributed by atoms with van der Waals surface area (Å²) >= 11 is 0. The van der Waals surface area contributed by atoms with Gasteiger partial charge in [-0.3, -0.25) is 0 Å². The molecule has 1 nitrogen and oxygen atoms in total. The van der Waals surface area contributed by atoms with Gasteiger partial charge in [-0.2, -0.15) is 0 Å². The standard InChI is InChI=1S/C12H17N/c1-4-7-11(3)13-12-9-6-5-8-10(12)2/h4-9,11,13H,1-3H3/b7-4+. The van der Waals surface area contributed by atoms with E-state index in [0.717, 1.165) is 0 Å². The van der Waals surface area contributed by atoms with Crippen LogP contribution in [0.2, 0.25) is 0 Å². The van der Waals surface area contributed by atoms with Crippen LogP contribution in [0.3, 0.4) is 0 Å². The van der Waals surface area contributed by atoms with Crippen molar-refractivity contribution in [2.45, 2.75) is 26.8 Å². The van der Waals surface area contributed by atoms with Crippen LogP contribution in [0.25, 0.3) is 0 Å². The first-order chi connectivity index (χ1) is 6.24. The zero-order valence-corrected chi connectivity index (χ0v) is 8.54. The zero-order chi connectivity index (χ0) is 9.68. The molecule has 0 radical (unpaired) electrons. The van der Waals surface area contributed by atoms with Crippen LogP contribution in [-0.4, -0.2) is 6.04 Å². The lowest BCUT2D eigenvalue weighted by Gasteiger charge is -2.13. The molecule has 0 aliphatic carbocycles. The van der Waals surface area contributed by atoms with Crippen molar-refractivity contribution >= 4 is 5.69 Å². The third kappa shape index (κ3) is 2.94. The third-order valence-electron chi connectivity index (χ3n) is 2.01. The van der Waals surface area contributed by atoms with E-state index in [2.05, 4.69) is 55.6 Å². The number of benzene rings is 1. The monoisotopic (exact) mass is 175 g/mol. The van der Waals surface area contributed by atoms with E-state index in [0.29, 0.717) is 6.04 Å². The van der Waals surface area contributed by atoms with Gasteiger partial charge in [-0.05, 0) is 32.4 Å². The number of nitrogens with one attached hydrogen (secondary N) is 1. The number of rotatable bonds is 3. The summed E-state index contributed by atoms with van der Waals surface area (Å²) in [5.74, 6) is 0. The summed E-state index contributed by atoms with van der Waals surface area (Å²) < 4.78 is 0. The molecule has 70 valence electrons. The number of para-hydroxylation sites is 1. The number of hydrogen-bond donors (Lipinski definition) is 1. The van der Waals surface area contributed by atoms with Gasteiger partial charge in [-0.25, -0.2) is 0 Å². The van der Waals surface area contributed by atoms with E-state index >= 15 is 0 Å². The molecule has 1 aromatic rings. The van der Waals surface area contributed by atoms with E-state index in [1.165, 1.54) is 11.3 Å². The highest BCUT2D eigenvalue weighted by Crippen LogP contribution is 2.14. The maximum atomic E-state index is 3.42. The SMILES string of the molecule is C/C=C/C(C)Nc1ccccc1C. The lowest BCUT2D eigenvalue weighted by molar-refractivity contribution is 0.991. The maximum absolute atomic E-state index is 3.42. The molecule has 0 aromatic heterocycles. The summed E-state index contributed by atoms with van der Waals surface area (Å²) in [6, 6.07) is 8.73. The smallest absolute Gasteiger partial charge is 0.0416 e. The molecular formula is C12H17N. The molecule has 0 saturated heterocycles. The van der Waals surface area contributed by atoms with Crippen molar-refractivity contribution in [2.24, 2.45) is 0 Å². The van der Waals surface area contributed by atoms with Crippen LogP contribution < -0.4 is 5.32 Å². The number of anilines is 1. The average Bonchev–Trinajstić information content (AvgIpc) is 2.09. The average molecular weight is 175 g/mol. The zero-order valence-electron chi connectivity index (χ0n) is 8.54. The summed E-state index contributed by atoms with van der Waals surface area (Å²) in [5, 5.41) is 3.42. The molecule has 0 heterocycles. The molecule has 1 unspecified atom stereocenters. The molecule has 1 aromatic carbocycles. The first-order valence-corrected chi connectivity index (χ1v) is 4.69. The van der Waals surface area contributed by atoms with Crippen LogP contribution in [0.15, 0.2) is 36.4 Å². The minimum absolute atomic E-state index is 0.395. The molecule has 1 heteroatoms. The van der Waals surface area contributed by atoms with Gasteiger partial charge in [0.2, 0.25) is 0 Å². The Morgan fingerprint density at radius 1 is 1.31 bits per heavy atom. The molecule has 0 amide bonds. The predicted molar refractivity (Wildman–Crippen MR) is 59.1 cm³/mol. The van der Waals surface area contributed by atoms with E-state index in [-0.39, 0.29) is 0 Å². The molecule has 1 rings (SSSR count). The van der Waals surface area contributed by atoms with Crippen molar-refractivity contribution in [1.29, 1.82) is 0 Å². The number of aryl methyl sites for hydroxylation is 1. The summed E-state index contributed by atoms with van der Waals surface area (Å²) in [6.07, 6.45) is 4.21. The Balaban J connectivity index is 2.68. The summed E-state index contributed by atoms with van der Waals surface area (Å²) in [7, 11) is 0. The summed E-state index contributed by atoms with van der Waals surface area (Å²) in [4.78, 5) is 0. The second-order valence-corrected chi connectivity index (χ2v) is 3.27. The van der Waals surface area contributed by atoms with E-state index in [1.54, 1.807) is 0 Å². The lowest BCUT2D eigenvalue weighted by atomic mass is 10.2. The highest BCUT2D eigenvalue weighted by Gasteiger charge is 1.98. The first-order valence-electron chi connectivity index (χ1n) is 4.69. The van der Waals surface area contributed by atoms with Gasteiger partial charge in [-0.1, -0.05) is 30.4 Å². The molecule has 1 N–H and O–H groups in total. The van der Waals surface area contributed by atoms with Crippen molar-refractivity contribution in [3.8, 4) is 0 Å². The van der Waals surface area contributed by atoms with Crippen LogP contribution in [0.5, 0.6) is 0 Å². The first kappa shape index (κ1) is 9.85. The minimum atomic E-state index is 0.395. The van der Waals surface area contributed by atoms with E-state index < -0.39 is 0 Å². The van der Waals surface area contributed by atoms with Crippen molar-refractivity contribution in [3.63, 3.8) is 0 Å². The van der Waals surface area contributed by atoms with Crippen molar-refractivity contribution in [3.05, 3.63) is 42.0 Å². The molecule has 0 fully saturated rings. The van der Waals surface area contributed by atoms with Crippen LogP contribution >= 0.6 is 0 Å². The molecule has 0 aliphatic rings. The maximum Gasteiger partial charge on any atom is 0.0416 e. The Morgan fingerprint density at radius 3 is 2.62 bits per heavy atom. The van der Waals surface area contributed by atoms with Gasteiger partial charge in [-0.15, -0.1) is 0 Å². The van der Waals surface area contributed by atoms with Crippen molar-refractivity contribution in [1.82, 2.24) is 0 Å². The van der Waals surface area contributed by atoms with Crippen LogP contribution in [-0.2, 0) is 0 Å². The van der Waals surface area contributed by atoms with Crippen LogP contribution in [0, 0.1) is 6.92 Å². The molecule has 13 heavy (non-hydrogen) atoms. The fourth-order valence-corrected chi connectivity index (χ4v) is 1.32. The topological polar surface area (TPSA) is 12.0 Å². The quantitative estimate of drug-likeness (QED) is 0.694. The van der Waals surface area contributed by atoms with Crippen molar-refractivity contribution < 1.29 is 0 Å². The Bertz CT molecular complexity index is 289. The molecule has 0 aliphatic heterocycles. The van der Waals surface area contributed by atoms with Gasteiger partial charge in [0, 0.05) is 11.7 Å². The van der Waals surface area contributed by atoms with E-state index in [4.69, 9.17) is 0 Å². The van der Waals surface area contributed by atoms with Crippen LogP contribution in [0.1, 0.15) is 19.4 Å². The molecule has 0 spiro atoms. The minimum Gasteiger partial charge on any atom is -0.379 e. The predicted octanol–water partition coefficient (Wildman–Crippen LogP) is 3.37. The summed E-state index contributed by atoms with van der Waals surface area (Å²) in [5.41, 5.74) is 2.51. The van der Waals surface area contributed by atoms with Crippen molar-refractivity contribution in [2.75, 3.05) is 5.32 Å². The Kier molecular flexibility index (Phi) is 3.56. The third-order valence-corrected chi connectivity index (χ3v) is 2.01. The second-order valence-electron chi connectivity index (χ2n) is 3.27. The molecular weight excluding hydrogens is 158 g/mol. The van der Waals surface area contributed by atoms with Gasteiger partial charge in [0.05, 0.1) is 0 Å². The van der Waals surface area contributed by atoms with Gasteiger partial charge in [0.1, 0.15) is 0 Å². The fourth-order valence-electron chi connectivity index (χ4n) is 1.32. The largest absolute Gasteiger partial charge is 0.379 e. The Morgan fingerprint density at radius 2 is 2.00 bits per heavy atom. The Labute approximate surface area is 80.5 Å². The lowest BCUT2D eigenvalue weighted by Crippen LogP contribution is -2.12. The van der Waals surface area contributed by atoms with Gasteiger partial charge >= 0.3 is 0 Å². The van der Waals surface area contributed by atoms with Gasteiger partial charge < -0.3 is 5.32 Å². The fraction of sp³-hybridized carbons (Fsp3) is 0.333. The Hall–Kier alpha value is -1.24. The van der Waals surface area contributed by atoms with Gasteiger partial charge in [0.25, 0.3) is 0 Å². The highest BCUT2D eigenvalue weighted by atomic mass is 14.9. The highest BCUT2D eigenvalue weighted by molar-refractivity contribution is 5.51. The normalized spacial score (nSPS) is 13.2. The van der Waals surface area contributed by atoms with E-state index in [9.17, 15) is 0 Å².